The summed E-state index contributed by atoms with van der Waals surface area (Å²) in [5.41, 5.74) is 2.39. The molecule has 5 nitrogen and oxygen atoms in total. The fourth-order valence-electron chi connectivity index (χ4n) is 2.08. The maximum atomic E-state index is 11.6. The van der Waals surface area contributed by atoms with Crippen LogP contribution in [0, 0.1) is 11.8 Å². The highest BCUT2D eigenvalue weighted by molar-refractivity contribution is 5.85. The number of alkyl carbamates (subject to hydrolysis) is 1. The summed E-state index contributed by atoms with van der Waals surface area (Å²) in [6.07, 6.45) is 2.55. The van der Waals surface area contributed by atoms with Crippen LogP contribution in [-0.4, -0.2) is 23.7 Å². The topological polar surface area (TPSA) is 75.6 Å². The van der Waals surface area contributed by atoms with E-state index in [1.807, 2.05) is 48.5 Å². The Balaban J connectivity index is 1.77. The third-order valence-electron chi connectivity index (χ3n) is 3.32. The Kier molecular flexibility index (Phi) is 7.50. The van der Waals surface area contributed by atoms with Crippen molar-refractivity contribution in [2.24, 2.45) is 0 Å². The van der Waals surface area contributed by atoms with E-state index < -0.39 is 12.1 Å². The van der Waals surface area contributed by atoms with E-state index in [2.05, 4.69) is 17.2 Å². The zero-order valence-electron chi connectivity index (χ0n) is 14.1. The van der Waals surface area contributed by atoms with Crippen LogP contribution >= 0.6 is 0 Å². The molecule has 0 radical (unpaired) electrons. The van der Waals surface area contributed by atoms with Gasteiger partial charge in [0.05, 0.1) is 0 Å². The number of carboxylic acids is 1. The Morgan fingerprint density at radius 1 is 1.08 bits per heavy atom. The van der Waals surface area contributed by atoms with E-state index in [0.29, 0.717) is 13.0 Å². The number of aliphatic carboxylic acids is 1. The lowest BCUT2D eigenvalue weighted by Crippen LogP contribution is -2.24. The summed E-state index contributed by atoms with van der Waals surface area (Å²) in [7, 11) is 0. The van der Waals surface area contributed by atoms with Crippen molar-refractivity contribution in [3.05, 3.63) is 77.4 Å². The van der Waals surface area contributed by atoms with Crippen LogP contribution in [0.2, 0.25) is 0 Å². The van der Waals surface area contributed by atoms with E-state index >= 15 is 0 Å². The minimum absolute atomic E-state index is 0.224. The molecule has 1 amide bonds. The molecule has 0 unspecified atom stereocenters. The van der Waals surface area contributed by atoms with Gasteiger partial charge in [-0.3, -0.25) is 0 Å². The Labute approximate surface area is 152 Å². The number of nitrogens with one attached hydrogen (secondary N) is 1. The second-order valence-electron chi connectivity index (χ2n) is 5.30. The monoisotopic (exact) mass is 349 g/mol. The third kappa shape index (κ3) is 6.93. The number of hydrogen-bond acceptors (Lipinski definition) is 3. The lowest BCUT2D eigenvalue weighted by atomic mass is 10.1. The molecule has 2 rings (SSSR count). The average Bonchev–Trinajstić information content (AvgIpc) is 2.66. The van der Waals surface area contributed by atoms with Gasteiger partial charge >= 0.3 is 12.1 Å². The highest BCUT2D eigenvalue weighted by atomic mass is 16.5. The molecule has 0 saturated carbocycles. The molecule has 2 aromatic carbocycles. The van der Waals surface area contributed by atoms with Crippen molar-refractivity contribution in [2.75, 3.05) is 6.54 Å². The Hall–Kier alpha value is -3.52. The largest absolute Gasteiger partial charge is 0.478 e. The lowest BCUT2D eigenvalue weighted by molar-refractivity contribution is -0.131. The van der Waals surface area contributed by atoms with Gasteiger partial charge in [0.1, 0.15) is 6.61 Å². The Morgan fingerprint density at radius 2 is 1.81 bits per heavy atom. The van der Waals surface area contributed by atoms with Gasteiger partial charge in [0.25, 0.3) is 0 Å². The Morgan fingerprint density at radius 3 is 2.58 bits per heavy atom. The molecule has 2 N–H and O–H groups in total. The minimum Gasteiger partial charge on any atom is -0.478 e. The predicted molar refractivity (Wildman–Crippen MR) is 99.2 cm³/mol. The molecule has 0 bridgehead atoms. The van der Waals surface area contributed by atoms with Gasteiger partial charge in [-0.25, -0.2) is 9.59 Å². The number of ether oxygens (including phenoxy) is 1. The van der Waals surface area contributed by atoms with Crippen molar-refractivity contribution < 1.29 is 19.4 Å². The van der Waals surface area contributed by atoms with Gasteiger partial charge in [0.15, 0.2) is 0 Å². The fourth-order valence-corrected chi connectivity index (χ4v) is 2.08. The van der Waals surface area contributed by atoms with E-state index in [1.165, 1.54) is 6.08 Å². The molecule has 0 heterocycles. The summed E-state index contributed by atoms with van der Waals surface area (Å²) in [4.78, 5) is 22.2. The van der Waals surface area contributed by atoms with E-state index in [9.17, 15) is 9.59 Å². The van der Waals surface area contributed by atoms with Crippen molar-refractivity contribution in [2.45, 2.75) is 13.0 Å². The average molecular weight is 349 g/mol. The van der Waals surface area contributed by atoms with Crippen molar-refractivity contribution in [3.63, 3.8) is 0 Å². The second kappa shape index (κ2) is 10.4. The molecule has 0 aliphatic carbocycles. The van der Waals surface area contributed by atoms with E-state index in [0.717, 1.165) is 22.8 Å². The van der Waals surface area contributed by atoms with Gasteiger partial charge in [0, 0.05) is 24.6 Å². The van der Waals surface area contributed by atoms with Crippen LogP contribution in [0.25, 0.3) is 6.08 Å². The summed E-state index contributed by atoms with van der Waals surface area (Å²) in [5.74, 6) is 4.93. The van der Waals surface area contributed by atoms with Gasteiger partial charge in [-0.1, -0.05) is 60.4 Å². The first-order valence-electron chi connectivity index (χ1n) is 8.08. The number of carboxylic acid groups (broad SMARTS) is 1. The number of carbonyl (C=O) groups excluding carboxylic acids is 1. The molecular weight excluding hydrogens is 330 g/mol. The van der Waals surface area contributed by atoms with Crippen molar-refractivity contribution >= 4 is 18.1 Å². The number of amides is 1. The van der Waals surface area contributed by atoms with Gasteiger partial charge in [-0.05, 0) is 23.3 Å². The highest BCUT2D eigenvalue weighted by Gasteiger charge is 2.01. The van der Waals surface area contributed by atoms with Crippen LogP contribution in [0.1, 0.15) is 23.1 Å². The molecule has 0 aromatic heterocycles. The maximum Gasteiger partial charge on any atom is 0.407 e. The van der Waals surface area contributed by atoms with Gasteiger partial charge in [-0.15, -0.1) is 0 Å². The molecule has 0 aliphatic rings. The van der Waals surface area contributed by atoms with Crippen LogP contribution in [0.15, 0.2) is 60.7 Å². The van der Waals surface area contributed by atoms with Crippen LogP contribution in [0.5, 0.6) is 0 Å². The number of benzene rings is 2. The first-order chi connectivity index (χ1) is 12.6. The van der Waals surface area contributed by atoms with Crippen LogP contribution in [-0.2, 0) is 16.1 Å². The maximum absolute atomic E-state index is 11.6. The first-order valence-corrected chi connectivity index (χ1v) is 8.08. The van der Waals surface area contributed by atoms with E-state index in [4.69, 9.17) is 9.84 Å². The number of hydrogen-bond donors (Lipinski definition) is 2. The second-order valence-corrected chi connectivity index (χ2v) is 5.30. The van der Waals surface area contributed by atoms with Crippen molar-refractivity contribution in [3.8, 4) is 11.8 Å². The molecule has 0 atom stereocenters. The minimum atomic E-state index is -1.01. The van der Waals surface area contributed by atoms with Crippen molar-refractivity contribution in [1.29, 1.82) is 0 Å². The van der Waals surface area contributed by atoms with Gasteiger partial charge < -0.3 is 15.2 Å². The van der Waals surface area contributed by atoms with Gasteiger partial charge in [-0.2, -0.15) is 0 Å². The first kappa shape index (κ1) is 18.8. The lowest BCUT2D eigenvalue weighted by Gasteiger charge is -2.05. The molecular formula is C21H19NO4. The zero-order valence-corrected chi connectivity index (χ0v) is 14.1. The predicted octanol–water partition coefficient (Wildman–Crippen LogP) is 3.45. The molecule has 26 heavy (non-hydrogen) atoms. The Bertz CT molecular complexity index is 832. The molecule has 132 valence electrons. The molecule has 0 aliphatic heterocycles. The summed E-state index contributed by atoms with van der Waals surface area (Å²) in [6.45, 7) is 0.593. The number of carbonyl (C=O) groups is 2. The smallest absolute Gasteiger partial charge is 0.407 e. The number of rotatable bonds is 6. The van der Waals surface area contributed by atoms with Crippen LogP contribution in [0.4, 0.5) is 4.79 Å². The molecule has 5 heteroatoms. The SMILES string of the molecule is O=C(O)/C=C/c1ccccc1C#CCCNC(=O)OCc1ccccc1. The quantitative estimate of drug-likeness (QED) is 0.476. The normalized spacial score (nSPS) is 10.0. The summed E-state index contributed by atoms with van der Waals surface area (Å²) < 4.78 is 5.10. The summed E-state index contributed by atoms with van der Waals surface area (Å²) in [5, 5.41) is 11.3. The molecule has 0 spiro atoms. The van der Waals surface area contributed by atoms with E-state index in [1.54, 1.807) is 6.07 Å². The molecule has 0 fully saturated rings. The van der Waals surface area contributed by atoms with E-state index in [-0.39, 0.29) is 6.61 Å². The molecule has 2 aromatic rings. The summed E-state index contributed by atoms with van der Waals surface area (Å²) >= 11 is 0. The van der Waals surface area contributed by atoms with Crippen molar-refractivity contribution in [1.82, 2.24) is 5.32 Å². The third-order valence-corrected chi connectivity index (χ3v) is 3.32. The zero-order chi connectivity index (χ0) is 18.6. The summed E-state index contributed by atoms with van der Waals surface area (Å²) in [6, 6.07) is 16.7. The van der Waals surface area contributed by atoms with Gasteiger partial charge in [0.2, 0.25) is 0 Å². The van der Waals surface area contributed by atoms with Crippen LogP contribution in [0.3, 0.4) is 0 Å². The standard InChI is InChI=1S/C21H19NO4/c23-20(24)14-13-19-11-5-4-10-18(19)12-6-7-15-22-21(25)26-16-17-8-2-1-3-9-17/h1-5,8-11,13-14H,7,15-16H2,(H,22,25)(H,23,24)/b14-13+. The van der Waals surface area contributed by atoms with Crippen LogP contribution < -0.4 is 5.32 Å². The fraction of sp³-hybridized carbons (Fsp3) is 0.143. The molecule has 0 saturated heterocycles. The highest BCUT2D eigenvalue weighted by Crippen LogP contribution is 2.09.